The first-order valence-electron chi connectivity index (χ1n) is 8.53. The van der Waals surface area contributed by atoms with E-state index in [1.807, 2.05) is 13.0 Å². The molecular formula is C18H18Br2N4O4S. The summed E-state index contributed by atoms with van der Waals surface area (Å²) >= 11 is 8.29. The summed E-state index contributed by atoms with van der Waals surface area (Å²) in [6.07, 6.45) is 1.72. The van der Waals surface area contributed by atoms with E-state index in [4.69, 9.17) is 19.5 Å². The predicted molar refractivity (Wildman–Crippen MR) is 118 cm³/mol. The third-order valence-corrected chi connectivity index (χ3v) is 6.22. The van der Waals surface area contributed by atoms with Crippen molar-refractivity contribution in [1.82, 2.24) is 4.98 Å². The normalized spacial score (nSPS) is 10.6. The molecule has 29 heavy (non-hydrogen) atoms. The summed E-state index contributed by atoms with van der Waals surface area (Å²) in [6, 6.07) is 3.69. The SMILES string of the molecule is CCOC(=O)Cc1csc(NN=Cc2cc(OCC)c(OCC#N)c(Br)c2Br)n1. The molecule has 11 heteroatoms. The molecule has 8 nitrogen and oxygen atoms in total. The number of hydrogen-bond donors (Lipinski definition) is 1. The number of rotatable bonds is 10. The van der Waals surface area contributed by atoms with Gasteiger partial charge in [0.1, 0.15) is 6.07 Å². The number of thiazole rings is 1. The number of carbonyl (C=O) groups excluding carboxylic acids is 1. The zero-order valence-electron chi connectivity index (χ0n) is 15.7. The van der Waals surface area contributed by atoms with Crippen LogP contribution < -0.4 is 14.9 Å². The second-order valence-electron chi connectivity index (χ2n) is 5.30. The highest BCUT2D eigenvalue weighted by Gasteiger charge is 2.17. The monoisotopic (exact) mass is 544 g/mol. The topological polar surface area (TPSA) is 106 Å². The Balaban J connectivity index is 2.13. The van der Waals surface area contributed by atoms with E-state index in [0.717, 1.165) is 5.56 Å². The molecule has 154 valence electrons. The lowest BCUT2D eigenvalue weighted by molar-refractivity contribution is -0.142. The van der Waals surface area contributed by atoms with E-state index in [1.165, 1.54) is 11.3 Å². The Labute approximate surface area is 189 Å². The maximum absolute atomic E-state index is 11.5. The minimum absolute atomic E-state index is 0.0989. The number of nitriles is 1. The Morgan fingerprint density at radius 3 is 2.83 bits per heavy atom. The third-order valence-electron chi connectivity index (χ3n) is 3.28. The van der Waals surface area contributed by atoms with Gasteiger partial charge in [-0.1, -0.05) is 0 Å². The van der Waals surface area contributed by atoms with Crippen molar-refractivity contribution in [2.45, 2.75) is 20.3 Å². The Morgan fingerprint density at radius 2 is 2.14 bits per heavy atom. The van der Waals surface area contributed by atoms with E-state index in [1.54, 1.807) is 24.6 Å². The molecule has 0 aliphatic rings. The quantitative estimate of drug-likeness (QED) is 0.266. The van der Waals surface area contributed by atoms with Gasteiger partial charge in [0.25, 0.3) is 0 Å². The fraction of sp³-hybridized carbons (Fsp3) is 0.333. The van der Waals surface area contributed by atoms with Crippen molar-refractivity contribution in [3.63, 3.8) is 0 Å². The molecule has 0 aliphatic carbocycles. The van der Waals surface area contributed by atoms with Crippen LogP contribution in [0.15, 0.2) is 25.5 Å². The van der Waals surface area contributed by atoms with Crippen molar-refractivity contribution in [2.24, 2.45) is 5.10 Å². The first-order valence-corrected chi connectivity index (χ1v) is 11.0. The third kappa shape index (κ3) is 6.69. The number of ether oxygens (including phenoxy) is 3. The van der Waals surface area contributed by atoms with Crippen LogP contribution in [0.2, 0.25) is 0 Å². The molecule has 1 heterocycles. The lowest BCUT2D eigenvalue weighted by Gasteiger charge is -2.14. The Kier molecular flexibility index (Phi) is 9.37. The second kappa shape index (κ2) is 11.7. The molecule has 1 aromatic carbocycles. The van der Waals surface area contributed by atoms with Crippen molar-refractivity contribution in [2.75, 3.05) is 25.2 Å². The zero-order valence-corrected chi connectivity index (χ0v) is 19.7. The number of hydrogen-bond acceptors (Lipinski definition) is 9. The maximum atomic E-state index is 11.5. The van der Waals surface area contributed by atoms with Crippen LogP contribution in [0.3, 0.4) is 0 Å². The number of nitrogens with zero attached hydrogens (tertiary/aromatic N) is 3. The zero-order chi connectivity index (χ0) is 21.2. The summed E-state index contributed by atoms with van der Waals surface area (Å²) in [7, 11) is 0. The van der Waals surface area contributed by atoms with Gasteiger partial charge < -0.3 is 14.2 Å². The molecule has 0 bridgehead atoms. The van der Waals surface area contributed by atoms with E-state index in [0.29, 0.717) is 44.5 Å². The first-order chi connectivity index (χ1) is 14.0. The summed E-state index contributed by atoms with van der Waals surface area (Å²) < 4.78 is 17.3. The number of carbonyl (C=O) groups is 1. The number of esters is 1. The summed E-state index contributed by atoms with van der Waals surface area (Å²) in [5.74, 6) is 0.614. The first kappa shape index (κ1) is 23.1. The van der Waals surface area contributed by atoms with Crippen LogP contribution in [-0.2, 0) is 16.0 Å². The molecule has 0 amide bonds. The van der Waals surface area contributed by atoms with Gasteiger partial charge in [-0.2, -0.15) is 10.4 Å². The van der Waals surface area contributed by atoms with Gasteiger partial charge in [0.05, 0.1) is 36.0 Å². The Hall–Kier alpha value is -2.16. The molecule has 0 fully saturated rings. The van der Waals surface area contributed by atoms with Crippen molar-refractivity contribution < 1.29 is 19.0 Å². The summed E-state index contributed by atoms with van der Waals surface area (Å²) in [4.78, 5) is 15.8. The Bertz CT molecular complexity index is 927. The second-order valence-corrected chi connectivity index (χ2v) is 7.74. The van der Waals surface area contributed by atoms with Gasteiger partial charge in [-0.3, -0.25) is 10.2 Å². The van der Waals surface area contributed by atoms with E-state index in [9.17, 15) is 4.79 Å². The molecule has 2 aromatic rings. The summed E-state index contributed by atoms with van der Waals surface area (Å²) in [6.45, 7) is 4.30. The van der Waals surface area contributed by atoms with Crippen molar-refractivity contribution in [3.05, 3.63) is 31.6 Å². The summed E-state index contributed by atoms with van der Waals surface area (Å²) in [5, 5.41) is 15.3. The number of halogens is 2. The van der Waals surface area contributed by atoms with Crippen LogP contribution in [0.25, 0.3) is 0 Å². The van der Waals surface area contributed by atoms with Gasteiger partial charge in [0.15, 0.2) is 18.1 Å². The molecule has 0 aliphatic heterocycles. The minimum atomic E-state index is -0.316. The highest BCUT2D eigenvalue weighted by atomic mass is 79.9. The largest absolute Gasteiger partial charge is 0.490 e. The van der Waals surface area contributed by atoms with Gasteiger partial charge in [-0.05, 0) is 51.8 Å². The predicted octanol–water partition coefficient (Wildman–Crippen LogP) is 4.52. The van der Waals surface area contributed by atoms with Gasteiger partial charge in [0, 0.05) is 15.4 Å². The van der Waals surface area contributed by atoms with Crippen LogP contribution in [0.4, 0.5) is 5.13 Å². The van der Waals surface area contributed by atoms with E-state index >= 15 is 0 Å². The molecule has 0 saturated heterocycles. The van der Waals surface area contributed by atoms with Crippen LogP contribution >= 0.6 is 43.2 Å². The smallest absolute Gasteiger partial charge is 0.311 e. The fourth-order valence-electron chi connectivity index (χ4n) is 2.16. The highest BCUT2D eigenvalue weighted by Crippen LogP contribution is 2.42. The fourth-order valence-corrected chi connectivity index (χ4v) is 3.75. The molecule has 2 rings (SSSR count). The molecule has 0 atom stereocenters. The van der Waals surface area contributed by atoms with Gasteiger partial charge in [-0.15, -0.1) is 11.3 Å². The molecule has 0 saturated carbocycles. The number of hydrazone groups is 1. The van der Waals surface area contributed by atoms with Crippen LogP contribution in [0, 0.1) is 11.3 Å². The van der Waals surface area contributed by atoms with Gasteiger partial charge in [0.2, 0.25) is 5.13 Å². The number of aromatic nitrogens is 1. The van der Waals surface area contributed by atoms with Crippen molar-refractivity contribution in [3.8, 4) is 17.6 Å². The maximum Gasteiger partial charge on any atom is 0.311 e. The minimum Gasteiger partial charge on any atom is -0.490 e. The van der Waals surface area contributed by atoms with Crippen molar-refractivity contribution in [1.29, 1.82) is 5.26 Å². The number of nitrogens with one attached hydrogen (secondary N) is 1. The number of benzene rings is 1. The summed E-state index contributed by atoms with van der Waals surface area (Å²) in [5.41, 5.74) is 4.18. The molecule has 1 aromatic heterocycles. The van der Waals surface area contributed by atoms with Crippen LogP contribution in [-0.4, -0.2) is 37.0 Å². The number of anilines is 1. The van der Waals surface area contributed by atoms with Crippen molar-refractivity contribution >= 4 is 60.5 Å². The van der Waals surface area contributed by atoms with E-state index in [2.05, 4.69) is 47.4 Å². The molecule has 0 radical (unpaired) electrons. The average molecular weight is 546 g/mol. The van der Waals surface area contributed by atoms with Crippen LogP contribution in [0.5, 0.6) is 11.5 Å². The Morgan fingerprint density at radius 1 is 1.34 bits per heavy atom. The van der Waals surface area contributed by atoms with Crippen LogP contribution in [0.1, 0.15) is 25.1 Å². The lowest BCUT2D eigenvalue weighted by atomic mass is 10.2. The van der Waals surface area contributed by atoms with Gasteiger partial charge >= 0.3 is 5.97 Å². The van der Waals surface area contributed by atoms with E-state index < -0.39 is 0 Å². The van der Waals surface area contributed by atoms with Gasteiger partial charge in [-0.25, -0.2) is 4.98 Å². The highest BCUT2D eigenvalue weighted by molar-refractivity contribution is 9.13. The molecule has 1 N–H and O–H groups in total. The standard InChI is InChI=1S/C18H18Br2N4O4S/c1-3-26-13-7-11(15(19)16(20)17(13)28-6-5-21)9-22-24-18-23-12(10-29-18)8-14(25)27-4-2/h7,9-10H,3-4,6,8H2,1-2H3,(H,23,24). The molecule has 0 spiro atoms. The molecule has 0 unspecified atom stereocenters. The molecular weight excluding hydrogens is 528 g/mol. The lowest BCUT2D eigenvalue weighted by Crippen LogP contribution is -2.07. The average Bonchev–Trinajstić information content (AvgIpc) is 3.13. The van der Waals surface area contributed by atoms with E-state index in [-0.39, 0.29) is 19.0 Å².